The van der Waals surface area contributed by atoms with Crippen LogP contribution in [0.1, 0.15) is 34.5 Å². The highest BCUT2D eigenvalue weighted by atomic mass is 16.3. The number of nitriles is 1. The van der Waals surface area contributed by atoms with Crippen molar-refractivity contribution in [2.75, 3.05) is 0 Å². The van der Waals surface area contributed by atoms with Crippen molar-refractivity contribution >= 4 is 5.91 Å². The molecule has 4 heteroatoms. The highest BCUT2D eigenvalue weighted by Crippen LogP contribution is 2.34. The van der Waals surface area contributed by atoms with Crippen molar-refractivity contribution in [2.45, 2.75) is 32.7 Å². The number of nitrogens with one attached hydrogen (secondary N) is 1. The second-order valence-electron chi connectivity index (χ2n) is 5.77. The van der Waals surface area contributed by atoms with E-state index in [9.17, 15) is 10.1 Å². The number of hydrogen-bond acceptors (Lipinski definition) is 3. The van der Waals surface area contributed by atoms with Gasteiger partial charge in [-0.15, -0.1) is 0 Å². The molecule has 0 unspecified atom stereocenters. The molecule has 0 saturated heterocycles. The minimum absolute atomic E-state index is 0.230. The molecule has 1 N–H and O–H groups in total. The van der Waals surface area contributed by atoms with Crippen molar-refractivity contribution in [1.82, 2.24) is 5.32 Å². The molecule has 1 saturated carbocycles. The van der Waals surface area contributed by atoms with Gasteiger partial charge in [-0.3, -0.25) is 4.79 Å². The molecular weight excluding hydrogens is 276 g/mol. The van der Waals surface area contributed by atoms with E-state index in [-0.39, 0.29) is 5.91 Å². The van der Waals surface area contributed by atoms with Crippen LogP contribution in [0.15, 0.2) is 34.7 Å². The molecule has 1 fully saturated rings. The molecule has 0 bridgehead atoms. The third-order valence-corrected chi connectivity index (χ3v) is 4.17. The second-order valence-corrected chi connectivity index (χ2v) is 5.77. The topological polar surface area (TPSA) is 66.0 Å². The molecule has 1 aliphatic carbocycles. The van der Waals surface area contributed by atoms with Crippen LogP contribution < -0.4 is 5.32 Å². The number of aryl methyl sites for hydroxylation is 1. The molecule has 112 valence electrons. The first-order chi connectivity index (χ1) is 10.6. The third kappa shape index (κ3) is 2.62. The Balaban J connectivity index is 1.96. The first-order valence-corrected chi connectivity index (χ1v) is 7.47. The molecule has 0 radical (unpaired) electrons. The molecule has 1 atom stereocenters. The Morgan fingerprint density at radius 1 is 1.32 bits per heavy atom. The number of amides is 1. The molecule has 0 spiro atoms. The van der Waals surface area contributed by atoms with Crippen molar-refractivity contribution in [1.29, 1.82) is 5.26 Å². The van der Waals surface area contributed by atoms with Crippen molar-refractivity contribution in [3.63, 3.8) is 0 Å². The number of benzene rings is 1. The third-order valence-electron chi connectivity index (χ3n) is 4.17. The van der Waals surface area contributed by atoms with Gasteiger partial charge >= 0.3 is 0 Å². The lowest BCUT2D eigenvalue weighted by molar-refractivity contribution is 0.0941. The number of furan rings is 1. The van der Waals surface area contributed by atoms with Crippen LogP contribution in [0.4, 0.5) is 0 Å². The average Bonchev–Trinajstić information content (AvgIpc) is 3.32. The van der Waals surface area contributed by atoms with E-state index in [0.717, 1.165) is 29.7 Å². The largest absolute Gasteiger partial charge is 0.460 e. The van der Waals surface area contributed by atoms with Gasteiger partial charge < -0.3 is 9.73 Å². The number of carbonyl (C=O) groups excluding carboxylic acids is 1. The molecule has 2 aromatic rings. The van der Waals surface area contributed by atoms with Gasteiger partial charge in [0.2, 0.25) is 0 Å². The fourth-order valence-corrected chi connectivity index (χ4v) is 2.59. The fourth-order valence-electron chi connectivity index (χ4n) is 2.59. The zero-order chi connectivity index (χ0) is 15.7. The molecule has 3 rings (SSSR count). The maximum absolute atomic E-state index is 12.7. The van der Waals surface area contributed by atoms with E-state index in [1.165, 1.54) is 0 Å². The Kier molecular flexibility index (Phi) is 3.72. The minimum atomic E-state index is -0.411. The summed E-state index contributed by atoms with van der Waals surface area (Å²) in [5.41, 5.74) is 2.22. The average molecular weight is 294 g/mol. The maximum atomic E-state index is 12.7. The van der Waals surface area contributed by atoms with Gasteiger partial charge in [0.05, 0.1) is 11.6 Å². The van der Waals surface area contributed by atoms with E-state index < -0.39 is 6.04 Å². The van der Waals surface area contributed by atoms with Crippen LogP contribution in [0, 0.1) is 31.1 Å². The van der Waals surface area contributed by atoms with Gasteiger partial charge in [0.25, 0.3) is 5.91 Å². The van der Waals surface area contributed by atoms with Gasteiger partial charge in [0, 0.05) is 11.1 Å². The van der Waals surface area contributed by atoms with E-state index in [2.05, 4.69) is 11.4 Å². The minimum Gasteiger partial charge on any atom is -0.460 e. The zero-order valence-electron chi connectivity index (χ0n) is 12.7. The lowest BCUT2D eigenvalue weighted by Crippen LogP contribution is -2.35. The summed E-state index contributed by atoms with van der Waals surface area (Å²) >= 11 is 0. The normalized spacial score (nSPS) is 15.1. The molecule has 1 aromatic carbocycles. The van der Waals surface area contributed by atoms with Crippen molar-refractivity contribution in [3.8, 4) is 17.4 Å². The quantitative estimate of drug-likeness (QED) is 0.937. The van der Waals surface area contributed by atoms with Crippen LogP contribution in [0.2, 0.25) is 0 Å². The Morgan fingerprint density at radius 2 is 2.00 bits per heavy atom. The molecule has 1 aliphatic rings. The van der Waals surface area contributed by atoms with Crippen molar-refractivity contribution < 1.29 is 9.21 Å². The fraction of sp³-hybridized carbons (Fsp3) is 0.333. The molecule has 0 aliphatic heterocycles. The van der Waals surface area contributed by atoms with Gasteiger partial charge in [-0.2, -0.15) is 5.26 Å². The second kappa shape index (κ2) is 5.69. The maximum Gasteiger partial charge on any atom is 0.256 e. The molecule has 1 aromatic heterocycles. The van der Waals surface area contributed by atoms with Crippen LogP contribution in [0.3, 0.4) is 0 Å². The SMILES string of the molecule is Cc1oc(-c2ccccc2)c(C(=O)N[C@@H](C#N)C2CC2)c1C. The monoisotopic (exact) mass is 294 g/mol. The molecule has 1 heterocycles. The van der Waals surface area contributed by atoms with Gasteiger partial charge in [-0.25, -0.2) is 0 Å². The van der Waals surface area contributed by atoms with Gasteiger partial charge in [-0.05, 0) is 32.6 Å². The highest BCUT2D eigenvalue weighted by Gasteiger charge is 2.34. The van der Waals surface area contributed by atoms with Crippen molar-refractivity contribution in [3.05, 3.63) is 47.2 Å². The molecule has 22 heavy (non-hydrogen) atoms. The number of nitrogens with zero attached hydrogens (tertiary/aromatic N) is 1. The Bertz CT molecular complexity index is 736. The smallest absolute Gasteiger partial charge is 0.256 e. The standard InChI is InChI=1S/C18H18N2O2/c1-11-12(2)22-17(14-6-4-3-5-7-14)16(11)18(21)20-15(10-19)13-8-9-13/h3-7,13,15H,8-9H2,1-2H3,(H,20,21)/t15-/m0/s1. The summed E-state index contributed by atoms with van der Waals surface area (Å²) in [6.07, 6.45) is 2.01. The number of hydrogen-bond donors (Lipinski definition) is 1. The van der Waals surface area contributed by atoms with Crippen LogP contribution >= 0.6 is 0 Å². The van der Waals surface area contributed by atoms with Gasteiger partial charge in [0.1, 0.15) is 17.6 Å². The Morgan fingerprint density at radius 3 is 2.59 bits per heavy atom. The first kappa shape index (κ1) is 14.4. The number of carbonyl (C=O) groups is 1. The summed E-state index contributed by atoms with van der Waals surface area (Å²) in [4.78, 5) is 12.7. The summed E-state index contributed by atoms with van der Waals surface area (Å²) in [6, 6.07) is 11.3. The van der Waals surface area contributed by atoms with Crippen LogP contribution in [-0.2, 0) is 0 Å². The summed E-state index contributed by atoms with van der Waals surface area (Å²) in [7, 11) is 0. The predicted octanol–water partition coefficient (Wildman–Crippen LogP) is 3.60. The highest BCUT2D eigenvalue weighted by molar-refractivity contribution is 6.01. The van der Waals surface area contributed by atoms with Crippen LogP contribution in [0.25, 0.3) is 11.3 Å². The lowest BCUT2D eigenvalue weighted by Gasteiger charge is -2.11. The van der Waals surface area contributed by atoms with Gasteiger partial charge in [-0.1, -0.05) is 30.3 Å². The zero-order valence-corrected chi connectivity index (χ0v) is 12.7. The van der Waals surface area contributed by atoms with E-state index in [0.29, 0.717) is 17.2 Å². The predicted molar refractivity (Wildman–Crippen MR) is 83.2 cm³/mol. The number of rotatable bonds is 4. The van der Waals surface area contributed by atoms with Gasteiger partial charge in [0.15, 0.2) is 0 Å². The molecule has 4 nitrogen and oxygen atoms in total. The summed E-state index contributed by atoms with van der Waals surface area (Å²) in [6.45, 7) is 3.72. The summed E-state index contributed by atoms with van der Waals surface area (Å²) in [5, 5.41) is 12.1. The summed E-state index contributed by atoms with van der Waals surface area (Å²) in [5.74, 6) is 1.36. The van der Waals surface area contributed by atoms with E-state index in [1.54, 1.807) is 0 Å². The lowest BCUT2D eigenvalue weighted by atomic mass is 10.0. The molecular formula is C18H18N2O2. The van der Waals surface area contributed by atoms with Crippen LogP contribution in [-0.4, -0.2) is 11.9 Å². The van der Waals surface area contributed by atoms with Crippen LogP contribution in [0.5, 0.6) is 0 Å². The van der Waals surface area contributed by atoms with Crippen molar-refractivity contribution in [2.24, 2.45) is 5.92 Å². The van der Waals surface area contributed by atoms with E-state index in [1.807, 2.05) is 44.2 Å². The first-order valence-electron chi connectivity index (χ1n) is 7.47. The Hall–Kier alpha value is -2.54. The summed E-state index contributed by atoms with van der Waals surface area (Å²) < 4.78 is 5.80. The molecule has 1 amide bonds. The van der Waals surface area contributed by atoms with E-state index >= 15 is 0 Å². The van der Waals surface area contributed by atoms with E-state index in [4.69, 9.17) is 4.42 Å². The Labute approximate surface area is 129 Å².